The van der Waals surface area contributed by atoms with E-state index in [1.54, 1.807) is 0 Å². The van der Waals surface area contributed by atoms with Crippen LogP contribution in [0.25, 0.3) is 0 Å². The van der Waals surface area contributed by atoms with E-state index in [0.717, 1.165) is 12.8 Å². The second kappa shape index (κ2) is 5.90. The summed E-state index contributed by atoms with van der Waals surface area (Å²) in [6, 6.07) is 10.6. The highest BCUT2D eigenvalue weighted by Crippen LogP contribution is 2.05. The molecule has 0 amide bonds. The topological polar surface area (TPSA) is 0 Å². The van der Waals surface area contributed by atoms with E-state index in [1.165, 1.54) is 18.4 Å². The van der Waals surface area contributed by atoms with Crippen LogP contribution in [0, 0.1) is 0 Å². The van der Waals surface area contributed by atoms with E-state index in [1.807, 2.05) is 6.07 Å². The van der Waals surface area contributed by atoms with Gasteiger partial charge in [-0.1, -0.05) is 42.5 Å². The zero-order valence-electron chi connectivity index (χ0n) is 7.12. The predicted octanol–water partition coefficient (Wildman–Crippen LogP) is 3.28. The summed E-state index contributed by atoms with van der Waals surface area (Å²) in [5, 5.41) is 2.74. The zero-order chi connectivity index (χ0) is 8.65. The third-order valence-corrected chi connectivity index (χ3v) is 2.04. The van der Waals surface area contributed by atoms with Crippen LogP contribution < -0.4 is 0 Å². The van der Waals surface area contributed by atoms with Crippen molar-refractivity contribution < 1.29 is 0 Å². The van der Waals surface area contributed by atoms with Crippen LogP contribution in [0.4, 0.5) is 0 Å². The molecule has 0 aromatic heterocycles. The van der Waals surface area contributed by atoms with Crippen molar-refractivity contribution in [3.63, 3.8) is 0 Å². The lowest BCUT2D eigenvalue weighted by Crippen LogP contribution is -1.84. The maximum atomic E-state index is 4.63. The van der Waals surface area contributed by atoms with Crippen LogP contribution in [0.15, 0.2) is 30.3 Å². The van der Waals surface area contributed by atoms with Gasteiger partial charge in [0.1, 0.15) is 0 Å². The van der Waals surface area contributed by atoms with Gasteiger partial charge in [-0.05, 0) is 31.2 Å². The molecular weight excluding hydrogens is 164 g/mol. The first-order valence-electron chi connectivity index (χ1n) is 4.32. The average molecular weight is 177 g/mol. The zero-order valence-corrected chi connectivity index (χ0v) is 7.94. The molecule has 63 valence electrons. The molecule has 1 rings (SSSR count). The second-order valence-corrected chi connectivity index (χ2v) is 3.13. The molecule has 0 nitrogen and oxygen atoms in total. The van der Waals surface area contributed by atoms with Gasteiger partial charge in [0, 0.05) is 5.37 Å². The SMILES string of the molecule is S=[C]CCCCc1ccccc1. The van der Waals surface area contributed by atoms with Crippen LogP contribution in [-0.4, -0.2) is 5.37 Å². The first-order valence-corrected chi connectivity index (χ1v) is 4.73. The molecule has 12 heavy (non-hydrogen) atoms. The Bertz CT molecular complexity index is 216. The van der Waals surface area contributed by atoms with Gasteiger partial charge in [0.05, 0.1) is 0 Å². The molecule has 1 radical (unpaired) electrons. The number of hydrogen-bond donors (Lipinski definition) is 0. The van der Waals surface area contributed by atoms with Crippen LogP contribution in [0.5, 0.6) is 0 Å². The quantitative estimate of drug-likeness (QED) is 0.491. The average Bonchev–Trinajstić information content (AvgIpc) is 2.14. The molecule has 1 aromatic carbocycles. The van der Waals surface area contributed by atoms with Crippen molar-refractivity contribution in [1.82, 2.24) is 0 Å². The summed E-state index contributed by atoms with van der Waals surface area (Å²) in [6.45, 7) is 0. The molecule has 0 heterocycles. The summed E-state index contributed by atoms with van der Waals surface area (Å²) in [7, 11) is 0. The Balaban J connectivity index is 2.20. The van der Waals surface area contributed by atoms with E-state index in [2.05, 4.69) is 41.9 Å². The van der Waals surface area contributed by atoms with Gasteiger partial charge >= 0.3 is 0 Å². The Morgan fingerprint density at radius 3 is 2.50 bits per heavy atom. The van der Waals surface area contributed by atoms with Gasteiger partial charge in [-0.15, -0.1) is 0 Å². The number of rotatable bonds is 5. The highest BCUT2D eigenvalue weighted by atomic mass is 32.1. The van der Waals surface area contributed by atoms with E-state index >= 15 is 0 Å². The molecule has 1 aromatic rings. The van der Waals surface area contributed by atoms with E-state index in [-0.39, 0.29) is 0 Å². The Labute approximate surface area is 79.6 Å². The Morgan fingerprint density at radius 2 is 1.83 bits per heavy atom. The fourth-order valence-electron chi connectivity index (χ4n) is 1.17. The van der Waals surface area contributed by atoms with E-state index in [9.17, 15) is 0 Å². The van der Waals surface area contributed by atoms with Crippen LogP contribution in [-0.2, 0) is 6.42 Å². The molecule has 0 unspecified atom stereocenters. The Kier molecular flexibility index (Phi) is 4.62. The molecule has 0 atom stereocenters. The molecule has 0 aliphatic carbocycles. The summed E-state index contributed by atoms with van der Waals surface area (Å²) >= 11 is 4.63. The molecule has 0 spiro atoms. The molecule has 1 heteroatoms. The summed E-state index contributed by atoms with van der Waals surface area (Å²) in [5.74, 6) is 0. The highest BCUT2D eigenvalue weighted by Gasteiger charge is 1.90. The van der Waals surface area contributed by atoms with Gasteiger partial charge in [0.2, 0.25) is 0 Å². The number of benzene rings is 1. The molecule has 0 saturated heterocycles. The van der Waals surface area contributed by atoms with Gasteiger partial charge in [0.25, 0.3) is 0 Å². The third kappa shape index (κ3) is 3.63. The van der Waals surface area contributed by atoms with E-state index < -0.39 is 0 Å². The number of aryl methyl sites for hydroxylation is 1. The van der Waals surface area contributed by atoms with Crippen molar-refractivity contribution in [2.45, 2.75) is 25.7 Å². The Morgan fingerprint density at radius 1 is 1.08 bits per heavy atom. The maximum Gasteiger partial charge on any atom is 0.0291 e. The lowest BCUT2D eigenvalue weighted by atomic mass is 10.1. The van der Waals surface area contributed by atoms with Crippen LogP contribution in [0.3, 0.4) is 0 Å². The minimum absolute atomic E-state index is 0.947. The second-order valence-electron chi connectivity index (χ2n) is 2.84. The summed E-state index contributed by atoms with van der Waals surface area (Å²) < 4.78 is 0. The van der Waals surface area contributed by atoms with Gasteiger partial charge in [0.15, 0.2) is 0 Å². The van der Waals surface area contributed by atoms with Crippen molar-refractivity contribution in [2.24, 2.45) is 0 Å². The van der Waals surface area contributed by atoms with Crippen molar-refractivity contribution in [2.75, 3.05) is 0 Å². The van der Waals surface area contributed by atoms with Crippen molar-refractivity contribution in [3.8, 4) is 0 Å². The van der Waals surface area contributed by atoms with Crippen molar-refractivity contribution >= 4 is 17.6 Å². The number of unbranched alkanes of at least 4 members (excludes halogenated alkanes) is 2. The van der Waals surface area contributed by atoms with Gasteiger partial charge in [-0.25, -0.2) is 0 Å². The minimum atomic E-state index is 0.947. The number of thiocarbonyl (C=S) groups is 1. The normalized spacial score (nSPS) is 9.67. The fraction of sp³-hybridized carbons (Fsp3) is 0.364. The molecule has 0 N–H and O–H groups in total. The van der Waals surface area contributed by atoms with Crippen LogP contribution in [0.1, 0.15) is 24.8 Å². The van der Waals surface area contributed by atoms with Crippen LogP contribution in [0.2, 0.25) is 0 Å². The van der Waals surface area contributed by atoms with Gasteiger partial charge < -0.3 is 0 Å². The molecule has 0 bridgehead atoms. The lowest BCUT2D eigenvalue weighted by molar-refractivity contribution is 0.769. The standard InChI is InChI=1S/C11H13S/c12-10-6-2-5-9-11-7-3-1-4-8-11/h1,3-4,7-8H,2,5-6,9H2. The predicted molar refractivity (Wildman–Crippen MR) is 56.6 cm³/mol. The highest BCUT2D eigenvalue weighted by molar-refractivity contribution is 7.78. The van der Waals surface area contributed by atoms with Crippen molar-refractivity contribution in [3.05, 3.63) is 35.9 Å². The van der Waals surface area contributed by atoms with Gasteiger partial charge in [-0.2, -0.15) is 0 Å². The largest absolute Gasteiger partial charge is 0.0837 e. The fourth-order valence-corrected chi connectivity index (χ4v) is 1.32. The number of hydrogen-bond acceptors (Lipinski definition) is 1. The summed E-state index contributed by atoms with van der Waals surface area (Å²) in [5.41, 5.74) is 1.42. The smallest absolute Gasteiger partial charge is 0.0291 e. The molecular formula is C11H13S. The molecule has 0 fully saturated rings. The van der Waals surface area contributed by atoms with E-state index in [0.29, 0.717) is 0 Å². The lowest BCUT2D eigenvalue weighted by Gasteiger charge is -1.98. The van der Waals surface area contributed by atoms with Gasteiger partial charge in [-0.3, -0.25) is 0 Å². The summed E-state index contributed by atoms with van der Waals surface area (Å²) in [6.07, 6.45) is 4.49. The van der Waals surface area contributed by atoms with Crippen LogP contribution >= 0.6 is 12.2 Å². The Hall–Kier alpha value is -0.690. The summed E-state index contributed by atoms with van der Waals surface area (Å²) in [4.78, 5) is 0. The molecule has 0 aliphatic heterocycles. The molecule has 0 aliphatic rings. The first kappa shape index (κ1) is 9.40. The monoisotopic (exact) mass is 177 g/mol. The third-order valence-electron chi connectivity index (χ3n) is 1.84. The first-order chi connectivity index (χ1) is 5.93. The minimum Gasteiger partial charge on any atom is -0.0837 e. The maximum absolute atomic E-state index is 4.63. The van der Waals surface area contributed by atoms with Crippen molar-refractivity contribution in [1.29, 1.82) is 0 Å². The molecule has 0 saturated carbocycles. The van der Waals surface area contributed by atoms with E-state index in [4.69, 9.17) is 0 Å².